The van der Waals surface area contributed by atoms with Crippen LogP contribution in [0.3, 0.4) is 0 Å². The third-order valence-electron chi connectivity index (χ3n) is 4.55. The number of benzene rings is 2. The van der Waals surface area contributed by atoms with E-state index >= 15 is 0 Å². The summed E-state index contributed by atoms with van der Waals surface area (Å²) in [6.45, 7) is 0. The minimum atomic E-state index is -0.332. The van der Waals surface area contributed by atoms with Gasteiger partial charge in [-0.3, -0.25) is 4.79 Å². The van der Waals surface area contributed by atoms with E-state index < -0.39 is 0 Å². The number of carbonyl (C=O) groups excluding carboxylic acids is 1. The number of hydrogen-bond acceptors (Lipinski definition) is 7. The van der Waals surface area contributed by atoms with Gasteiger partial charge in [0.25, 0.3) is 5.91 Å². The molecule has 0 spiro atoms. The van der Waals surface area contributed by atoms with E-state index in [4.69, 9.17) is 21.1 Å². The lowest BCUT2D eigenvalue weighted by Gasteiger charge is -2.12. The lowest BCUT2D eigenvalue weighted by molar-refractivity contribution is 0.102. The number of rotatable bonds is 6. The molecule has 0 saturated carbocycles. The highest BCUT2D eigenvalue weighted by Gasteiger charge is 2.12. The molecule has 31 heavy (non-hydrogen) atoms. The van der Waals surface area contributed by atoms with Crippen molar-refractivity contribution < 1.29 is 14.3 Å². The second-order valence-electron chi connectivity index (χ2n) is 6.44. The summed E-state index contributed by atoms with van der Waals surface area (Å²) in [7, 11) is 3.15. The molecule has 156 valence electrons. The summed E-state index contributed by atoms with van der Waals surface area (Å²) in [6, 6.07) is 14.1. The third kappa shape index (κ3) is 4.34. The first-order chi connectivity index (χ1) is 15.1. The number of amides is 1. The van der Waals surface area contributed by atoms with Crippen LogP contribution >= 0.6 is 11.6 Å². The molecule has 1 amide bonds. The van der Waals surface area contributed by atoms with Gasteiger partial charge in [0.15, 0.2) is 11.5 Å². The summed E-state index contributed by atoms with van der Waals surface area (Å²) in [6.07, 6.45) is 3.00. The first-order valence-electron chi connectivity index (χ1n) is 9.24. The summed E-state index contributed by atoms with van der Waals surface area (Å²) in [5.41, 5.74) is 2.43. The predicted molar refractivity (Wildman–Crippen MR) is 120 cm³/mol. The first-order valence-corrected chi connectivity index (χ1v) is 9.62. The van der Waals surface area contributed by atoms with Gasteiger partial charge in [-0.1, -0.05) is 11.6 Å². The lowest BCUT2D eigenvalue weighted by atomic mass is 10.2. The number of carbonyl (C=O) groups is 1. The van der Waals surface area contributed by atoms with Crippen molar-refractivity contribution in [3.05, 3.63) is 71.8 Å². The number of ether oxygens (including phenoxy) is 2. The number of hydrogen-bond donors (Lipinski definition) is 2. The molecular weight excluding hydrogens is 418 g/mol. The highest BCUT2D eigenvalue weighted by atomic mass is 35.5. The third-order valence-corrected chi connectivity index (χ3v) is 4.85. The van der Waals surface area contributed by atoms with Gasteiger partial charge in [-0.15, -0.1) is 0 Å². The topological polar surface area (TPSA) is 98.3 Å². The molecule has 0 aliphatic rings. The van der Waals surface area contributed by atoms with Crippen molar-refractivity contribution in [3.8, 4) is 11.5 Å². The Morgan fingerprint density at radius 3 is 2.35 bits per heavy atom. The molecule has 2 heterocycles. The highest BCUT2D eigenvalue weighted by molar-refractivity contribution is 6.33. The largest absolute Gasteiger partial charge is 0.493 e. The van der Waals surface area contributed by atoms with Crippen molar-refractivity contribution in [2.45, 2.75) is 0 Å². The quantitative estimate of drug-likeness (QED) is 0.424. The molecule has 2 aromatic carbocycles. The van der Waals surface area contributed by atoms with Gasteiger partial charge in [0, 0.05) is 29.0 Å². The van der Waals surface area contributed by atoms with Crippen molar-refractivity contribution in [2.75, 3.05) is 24.9 Å². The van der Waals surface area contributed by atoms with Crippen molar-refractivity contribution >= 4 is 45.6 Å². The standard InChI is InChI=1S/C22H18ClN5O3/c1-30-18-10-16-17(11-19(18)31-2)25-12-26-21(16)27-13-5-7-14(8-6-13)28-22(29)15-4-3-9-24-20(15)23/h3-12H,1-2H3,(H,28,29)(H,25,26,27). The van der Waals surface area contributed by atoms with E-state index in [1.165, 1.54) is 12.5 Å². The Kier molecular flexibility index (Phi) is 5.81. The SMILES string of the molecule is COc1cc2ncnc(Nc3ccc(NC(=O)c4cccnc4Cl)cc3)c2cc1OC. The number of halogens is 1. The molecule has 4 aromatic rings. The minimum Gasteiger partial charge on any atom is -0.493 e. The average molecular weight is 436 g/mol. The van der Waals surface area contributed by atoms with Gasteiger partial charge in [-0.05, 0) is 42.5 Å². The fraction of sp³-hybridized carbons (Fsp3) is 0.0909. The van der Waals surface area contributed by atoms with Crippen LogP contribution in [0.25, 0.3) is 10.9 Å². The van der Waals surface area contributed by atoms with Crippen LogP contribution in [0, 0.1) is 0 Å². The number of anilines is 3. The zero-order chi connectivity index (χ0) is 21.8. The van der Waals surface area contributed by atoms with E-state index in [0.29, 0.717) is 34.1 Å². The fourth-order valence-corrected chi connectivity index (χ4v) is 3.22. The van der Waals surface area contributed by atoms with Gasteiger partial charge >= 0.3 is 0 Å². The summed E-state index contributed by atoms with van der Waals surface area (Å²) >= 11 is 5.98. The summed E-state index contributed by atoms with van der Waals surface area (Å²) in [5.74, 6) is 1.46. The van der Waals surface area contributed by atoms with Crippen molar-refractivity contribution in [2.24, 2.45) is 0 Å². The molecule has 0 aliphatic carbocycles. The minimum absolute atomic E-state index is 0.154. The van der Waals surface area contributed by atoms with Gasteiger partial charge in [0.2, 0.25) is 0 Å². The molecule has 0 radical (unpaired) electrons. The average Bonchev–Trinajstić information content (AvgIpc) is 2.80. The van der Waals surface area contributed by atoms with E-state index in [9.17, 15) is 4.79 Å². The van der Waals surface area contributed by atoms with Crippen LogP contribution in [-0.2, 0) is 0 Å². The maximum atomic E-state index is 12.4. The Morgan fingerprint density at radius 1 is 0.935 bits per heavy atom. The van der Waals surface area contributed by atoms with Gasteiger partial charge in [-0.2, -0.15) is 0 Å². The molecule has 0 saturated heterocycles. The molecule has 4 rings (SSSR count). The van der Waals surface area contributed by atoms with Crippen LogP contribution in [0.5, 0.6) is 11.5 Å². The Balaban J connectivity index is 1.55. The van der Waals surface area contributed by atoms with Crippen LogP contribution in [0.2, 0.25) is 5.15 Å². The van der Waals surface area contributed by atoms with Gasteiger partial charge in [0.1, 0.15) is 17.3 Å². The zero-order valence-electron chi connectivity index (χ0n) is 16.7. The van der Waals surface area contributed by atoms with Crippen molar-refractivity contribution in [1.82, 2.24) is 15.0 Å². The van der Waals surface area contributed by atoms with E-state index in [1.807, 2.05) is 18.2 Å². The smallest absolute Gasteiger partial charge is 0.258 e. The zero-order valence-corrected chi connectivity index (χ0v) is 17.5. The molecule has 9 heteroatoms. The summed E-state index contributed by atoms with van der Waals surface area (Å²) in [5, 5.41) is 7.00. The highest BCUT2D eigenvalue weighted by Crippen LogP contribution is 2.34. The Morgan fingerprint density at radius 2 is 1.65 bits per heavy atom. The van der Waals surface area contributed by atoms with Crippen LogP contribution in [0.1, 0.15) is 10.4 Å². The van der Waals surface area contributed by atoms with Crippen LogP contribution in [0.15, 0.2) is 61.1 Å². The number of fused-ring (bicyclic) bond motifs is 1. The predicted octanol–water partition coefficient (Wildman–Crippen LogP) is 4.69. The Labute approximate surface area is 183 Å². The van der Waals surface area contributed by atoms with Crippen molar-refractivity contribution in [3.63, 3.8) is 0 Å². The maximum Gasteiger partial charge on any atom is 0.258 e. The molecule has 8 nitrogen and oxygen atoms in total. The number of aromatic nitrogens is 3. The number of methoxy groups -OCH3 is 2. The van der Waals surface area contributed by atoms with Gasteiger partial charge in [-0.25, -0.2) is 15.0 Å². The number of pyridine rings is 1. The molecule has 2 aromatic heterocycles. The van der Waals surface area contributed by atoms with Crippen molar-refractivity contribution in [1.29, 1.82) is 0 Å². The monoisotopic (exact) mass is 435 g/mol. The summed E-state index contributed by atoms with van der Waals surface area (Å²) < 4.78 is 10.7. The van der Waals surface area contributed by atoms with E-state index in [2.05, 4.69) is 25.6 Å². The lowest BCUT2D eigenvalue weighted by Crippen LogP contribution is -2.12. The van der Waals surface area contributed by atoms with E-state index in [-0.39, 0.29) is 11.1 Å². The van der Waals surface area contributed by atoms with E-state index in [0.717, 1.165) is 11.1 Å². The molecule has 2 N–H and O–H groups in total. The summed E-state index contributed by atoms with van der Waals surface area (Å²) in [4.78, 5) is 24.9. The van der Waals surface area contributed by atoms with Crippen LogP contribution in [-0.4, -0.2) is 35.1 Å². The Bertz CT molecular complexity index is 1250. The van der Waals surface area contributed by atoms with E-state index in [1.54, 1.807) is 44.6 Å². The molecule has 0 unspecified atom stereocenters. The maximum absolute atomic E-state index is 12.4. The van der Waals surface area contributed by atoms with Gasteiger partial charge in [0.05, 0.1) is 25.3 Å². The Hall–Kier alpha value is -3.91. The fourth-order valence-electron chi connectivity index (χ4n) is 3.01. The number of nitrogens with one attached hydrogen (secondary N) is 2. The first kappa shape index (κ1) is 20.4. The normalized spacial score (nSPS) is 10.5. The van der Waals surface area contributed by atoms with Crippen LogP contribution < -0.4 is 20.1 Å². The molecule has 0 fully saturated rings. The second kappa shape index (κ2) is 8.85. The van der Waals surface area contributed by atoms with Gasteiger partial charge < -0.3 is 20.1 Å². The molecule has 0 atom stereocenters. The number of nitrogens with zero attached hydrogens (tertiary/aromatic N) is 3. The molecule has 0 bridgehead atoms. The van der Waals surface area contributed by atoms with Crippen LogP contribution in [0.4, 0.5) is 17.2 Å². The molecule has 0 aliphatic heterocycles. The molecular formula is C22H18ClN5O3. The second-order valence-corrected chi connectivity index (χ2v) is 6.80.